The Labute approximate surface area is 176 Å². The molecule has 1 aliphatic rings. The third kappa shape index (κ3) is 4.59. The first-order valence-electron chi connectivity index (χ1n) is 9.72. The van der Waals surface area contributed by atoms with E-state index in [4.69, 9.17) is 0 Å². The molecular weight excluding hydrogens is 411 g/mol. The van der Waals surface area contributed by atoms with Crippen LogP contribution in [0.15, 0.2) is 58.6 Å². The van der Waals surface area contributed by atoms with Crippen LogP contribution < -0.4 is 5.69 Å². The second-order valence-corrected chi connectivity index (χ2v) is 8.23. The molecule has 0 saturated carbocycles. The van der Waals surface area contributed by atoms with Crippen LogP contribution in [-0.2, 0) is 31.3 Å². The Morgan fingerprint density at radius 2 is 1.87 bits per heavy atom. The van der Waals surface area contributed by atoms with E-state index >= 15 is 0 Å². The van der Waals surface area contributed by atoms with Crippen molar-refractivity contribution < 1.29 is 13.2 Å². The van der Waals surface area contributed by atoms with Gasteiger partial charge in [-0.25, -0.2) is 4.79 Å². The first-order chi connectivity index (χ1) is 14.4. The molecule has 1 aliphatic carbocycles. The molecular formula is C22H20F3N3OS. The number of hydrogen-bond acceptors (Lipinski definition) is 4. The molecule has 30 heavy (non-hydrogen) atoms. The number of hydrogen-bond donors (Lipinski definition) is 0. The number of thioether (sulfide) groups is 1. The predicted octanol–water partition coefficient (Wildman–Crippen LogP) is 4.88. The molecule has 2 heterocycles. The normalized spacial score (nSPS) is 13.8. The third-order valence-corrected chi connectivity index (χ3v) is 6.23. The molecule has 0 atom stereocenters. The van der Waals surface area contributed by atoms with Gasteiger partial charge in [-0.15, -0.1) is 11.8 Å². The lowest BCUT2D eigenvalue weighted by Crippen LogP contribution is -2.30. The van der Waals surface area contributed by atoms with Crippen LogP contribution in [0.25, 0.3) is 0 Å². The number of pyridine rings is 1. The van der Waals surface area contributed by atoms with Gasteiger partial charge in [-0.1, -0.05) is 24.3 Å². The molecule has 156 valence electrons. The second-order valence-electron chi connectivity index (χ2n) is 7.27. The van der Waals surface area contributed by atoms with Crippen LogP contribution in [0.3, 0.4) is 0 Å². The highest BCUT2D eigenvalue weighted by Gasteiger charge is 2.30. The summed E-state index contributed by atoms with van der Waals surface area (Å²) < 4.78 is 40.6. The maximum atomic E-state index is 13.0. The molecule has 0 saturated heterocycles. The minimum Gasteiger partial charge on any atom is -0.291 e. The summed E-state index contributed by atoms with van der Waals surface area (Å²) in [6.07, 6.45) is 2.68. The fourth-order valence-corrected chi connectivity index (χ4v) is 4.71. The van der Waals surface area contributed by atoms with E-state index in [1.54, 1.807) is 23.0 Å². The summed E-state index contributed by atoms with van der Waals surface area (Å²) in [5, 5.41) is 0.634. The number of alkyl halides is 3. The highest BCUT2D eigenvalue weighted by molar-refractivity contribution is 7.98. The molecule has 0 spiro atoms. The fraction of sp³-hybridized carbons (Fsp3) is 0.318. The fourth-order valence-electron chi connectivity index (χ4n) is 3.69. The van der Waals surface area contributed by atoms with Crippen molar-refractivity contribution in [1.29, 1.82) is 0 Å². The summed E-state index contributed by atoms with van der Waals surface area (Å²) in [5.74, 6) is 0.329. The summed E-state index contributed by atoms with van der Waals surface area (Å²) in [6.45, 7) is 0.417. The second kappa shape index (κ2) is 8.63. The summed E-state index contributed by atoms with van der Waals surface area (Å²) in [6, 6.07) is 9.05. The molecule has 0 fully saturated rings. The Hall–Kier alpha value is -2.61. The van der Waals surface area contributed by atoms with E-state index in [1.807, 2.05) is 12.1 Å². The molecule has 0 radical (unpaired) electrons. The SMILES string of the molecule is O=c1nc(SCc2cccc(C(F)(F)F)c2)c2c(n1Cc1cccnc1)CCCC2. The van der Waals surface area contributed by atoms with Gasteiger partial charge in [-0.05, 0) is 48.9 Å². The Morgan fingerprint density at radius 1 is 1.07 bits per heavy atom. The Morgan fingerprint density at radius 3 is 2.63 bits per heavy atom. The van der Waals surface area contributed by atoms with Gasteiger partial charge in [0.15, 0.2) is 0 Å². The van der Waals surface area contributed by atoms with Gasteiger partial charge in [-0.2, -0.15) is 18.2 Å². The molecule has 8 heteroatoms. The summed E-state index contributed by atoms with van der Waals surface area (Å²) in [4.78, 5) is 21.2. The monoisotopic (exact) mass is 431 g/mol. The molecule has 0 amide bonds. The first-order valence-corrected chi connectivity index (χ1v) is 10.7. The number of fused-ring (bicyclic) bond motifs is 1. The maximum absolute atomic E-state index is 13.0. The summed E-state index contributed by atoms with van der Waals surface area (Å²) in [7, 11) is 0. The lowest BCUT2D eigenvalue weighted by atomic mass is 9.97. The van der Waals surface area contributed by atoms with Crippen molar-refractivity contribution >= 4 is 11.8 Å². The van der Waals surface area contributed by atoms with Gasteiger partial charge in [0.05, 0.1) is 12.1 Å². The number of benzene rings is 1. The van der Waals surface area contributed by atoms with Crippen LogP contribution in [0.2, 0.25) is 0 Å². The number of nitrogens with zero attached hydrogens (tertiary/aromatic N) is 3. The highest BCUT2D eigenvalue weighted by Crippen LogP contribution is 2.33. The van der Waals surface area contributed by atoms with Crippen molar-refractivity contribution in [2.45, 2.75) is 49.2 Å². The van der Waals surface area contributed by atoms with Crippen molar-refractivity contribution in [3.8, 4) is 0 Å². The van der Waals surface area contributed by atoms with Crippen LogP contribution in [0.1, 0.15) is 40.8 Å². The van der Waals surface area contributed by atoms with E-state index in [-0.39, 0.29) is 5.69 Å². The van der Waals surface area contributed by atoms with E-state index < -0.39 is 11.7 Å². The average Bonchev–Trinajstić information content (AvgIpc) is 2.75. The molecule has 0 N–H and O–H groups in total. The zero-order chi connectivity index (χ0) is 21.1. The van der Waals surface area contributed by atoms with Crippen LogP contribution >= 0.6 is 11.8 Å². The molecule has 3 aromatic rings. The van der Waals surface area contributed by atoms with Crippen molar-refractivity contribution in [1.82, 2.24) is 14.5 Å². The Kier molecular flexibility index (Phi) is 5.94. The van der Waals surface area contributed by atoms with Crippen molar-refractivity contribution in [3.63, 3.8) is 0 Å². The molecule has 0 bridgehead atoms. The van der Waals surface area contributed by atoms with E-state index in [1.165, 1.54) is 17.8 Å². The average molecular weight is 431 g/mol. The topological polar surface area (TPSA) is 47.8 Å². The minimum absolute atomic E-state index is 0.328. The molecule has 4 nitrogen and oxygen atoms in total. The highest BCUT2D eigenvalue weighted by atomic mass is 32.2. The van der Waals surface area contributed by atoms with E-state index in [0.29, 0.717) is 22.9 Å². The van der Waals surface area contributed by atoms with E-state index in [0.717, 1.165) is 54.6 Å². The lowest BCUT2D eigenvalue weighted by Gasteiger charge is -2.22. The first kappa shape index (κ1) is 20.7. The van der Waals surface area contributed by atoms with E-state index in [2.05, 4.69) is 9.97 Å². The molecule has 0 unspecified atom stereocenters. The van der Waals surface area contributed by atoms with Gasteiger partial charge in [0, 0.05) is 29.4 Å². The van der Waals surface area contributed by atoms with Gasteiger partial charge in [0.25, 0.3) is 0 Å². The zero-order valence-electron chi connectivity index (χ0n) is 16.2. The predicted molar refractivity (Wildman–Crippen MR) is 109 cm³/mol. The van der Waals surface area contributed by atoms with Gasteiger partial charge < -0.3 is 0 Å². The van der Waals surface area contributed by atoms with Crippen LogP contribution in [-0.4, -0.2) is 14.5 Å². The van der Waals surface area contributed by atoms with Gasteiger partial charge in [0.1, 0.15) is 5.03 Å². The lowest BCUT2D eigenvalue weighted by molar-refractivity contribution is -0.137. The van der Waals surface area contributed by atoms with Gasteiger partial charge in [0.2, 0.25) is 0 Å². The number of aromatic nitrogens is 3. The van der Waals surface area contributed by atoms with Crippen LogP contribution in [0, 0.1) is 0 Å². The molecule has 2 aromatic heterocycles. The zero-order valence-corrected chi connectivity index (χ0v) is 17.0. The third-order valence-electron chi connectivity index (χ3n) is 5.14. The van der Waals surface area contributed by atoms with E-state index in [9.17, 15) is 18.0 Å². The van der Waals surface area contributed by atoms with Crippen molar-refractivity contribution in [2.75, 3.05) is 0 Å². The molecule has 4 rings (SSSR count). The Balaban J connectivity index is 1.62. The maximum Gasteiger partial charge on any atom is 0.416 e. The van der Waals surface area contributed by atoms with Crippen LogP contribution in [0.5, 0.6) is 0 Å². The van der Waals surface area contributed by atoms with Crippen LogP contribution in [0.4, 0.5) is 13.2 Å². The minimum atomic E-state index is -4.37. The largest absolute Gasteiger partial charge is 0.416 e. The van der Waals surface area contributed by atoms with Crippen molar-refractivity contribution in [3.05, 3.63) is 87.2 Å². The Bertz CT molecular complexity index is 1100. The quantitative estimate of drug-likeness (QED) is 0.427. The summed E-state index contributed by atoms with van der Waals surface area (Å²) in [5.41, 5.74) is 2.52. The molecule has 1 aromatic carbocycles. The summed E-state index contributed by atoms with van der Waals surface area (Å²) >= 11 is 1.33. The smallest absolute Gasteiger partial charge is 0.291 e. The van der Waals surface area contributed by atoms with Crippen molar-refractivity contribution in [2.24, 2.45) is 0 Å². The van der Waals surface area contributed by atoms with Gasteiger partial charge in [-0.3, -0.25) is 9.55 Å². The van der Waals surface area contributed by atoms with Gasteiger partial charge >= 0.3 is 11.9 Å². The molecule has 0 aliphatic heterocycles. The number of halogens is 3. The standard InChI is InChI=1S/C22H20F3N3OS/c23-22(24,25)17-7-3-5-15(11-17)14-30-20-18-8-1-2-9-19(18)28(21(29)27-20)13-16-6-4-10-26-12-16/h3-7,10-12H,1-2,8-9,13-14H2. The number of rotatable bonds is 5.